The van der Waals surface area contributed by atoms with Crippen molar-refractivity contribution in [3.63, 3.8) is 0 Å². The Morgan fingerprint density at radius 2 is 2.17 bits per heavy atom. The molecule has 0 aliphatic heterocycles. The van der Waals surface area contributed by atoms with Crippen LogP contribution in [0.25, 0.3) is 0 Å². The quantitative estimate of drug-likeness (QED) is 0.912. The molecule has 18 heavy (non-hydrogen) atoms. The summed E-state index contributed by atoms with van der Waals surface area (Å²) in [5.74, 6) is -0.203. The highest BCUT2D eigenvalue weighted by Crippen LogP contribution is 2.26. The predicted octanol–water partition coefficient (Wildman–Crippen LogP) is 3.60. The molecule has 1 aromatic heterocycles. The minimum absolute atomic E-state index is 0.0318. The second kappa shape index (κ2) is 5.59. The van der Waals surface area contributed by atoms with E-state index in [0.717, 1.165) is 28.4 Å². The molecule has 2 rings (SSSR count). The molecule has 1 unspecified atom stereocenters. The van der Waals surface area contributed by atoms with Crippen molar-refractivity contribution in [1.29, 1.82) is 0 Å². The van der Waals surface area contributed by atoms with E-state index >= 15 is 0 Å². The summed E-state index contributed by atoms with van der Waals surface area (Å²) in [6.07, 6.45) is 0. The van der Waals surface area contributed by atoms with Crippen molar-refractivity contribution >= 4 is 11.3 Å². The minimum Gasteiger partial charge on any atom is -0.305 e. The Labute approximate surface area is 111 Å². The lowest BCUT2D eigenvalue weighted by atomic mass is 9.99. The summed E-state index contributed by atoms with van der Waals surface area (Å²) in [6, 6.07) is 4.87. The van der Waals surface area contributed by atoms with Crippen molar-refractivity contribution in [3.8, 4) is 0 Å². The second-order valence-electron chi connectivity index (χ2n) is 4.28. The maximum Gasteiger partial charge on any atom is 0.123 e. The molecular weight excluding hydrogens is 247 g/mol. The van der Waals surface area contributed by atoms with Gasteiger partial charge in [-0.1, -0.05) is 13.0 Å². The van der Waals surface area contributed by atoms with Crippen molar-refractivity contribution < 1.29 is 4.39 Å². The van der Waals surface area contributed by atoms with Gasteiger partial charge in [-0.2, -0.15) is 0 Å². The number of rotatable bonds is 4. The maximum absolute atomic E-state index is 13.4. The van der Waals surface area contributed by atoms with Gasteiger partial charge in [-0.15, -0.1) is 11.3 Å². The van der Waals surface area contributed by atoms with E-state index in [-0.39, 0.29) is 11.9 Å². The first-order valence-electron chi connectivity index (χ1n) is 6.03. The summed E-state index contributed by atoms with van der Waals surface area (Å²) in [7, 11) is 0. The molecule has 0 aliphatic carbocycles. The van der Waals surface area contributed by atoms with Crippen LogP contribution in [0.5, 0.6) is 0 Å². The summed E-state index contributed by atoms with van der Waals surface area (Å²) in [6.45, 7) is 6.84. The Hall–Kier alpha value is -1.26. The Morgan fingerprint density at radius 1 is 1.39 bits per heavy atom. The third kappa shape index (κ3) is 2.76. The van der Waals surface area contributed by atoms with Crippen LogP contribution in [0.3, 0.4) is 0 Å². The van der Waals surface area contributed by atoms with Crippen LogP contribution in [0, 0.1) is 19.7 Å². The monoisotopic (exact) mass is 264 g/mol. The molecule has 0 amide bonds. The summed E-state index contributed by atoms with van der Waals surface area (Å²) < 4.78 is 13.4. The summed E-state index contributed by atoms with van der Waals surface area (Å²) in [5.41, 5.74) is 3.00. The van der Waals surface area contributed by atoms with Crippen molar-refractivity contribution in [3.05, 3.63) is 51.2 Å². The average molecular weight is 264 g/mol. The van der Waals surface area contributed by atoms with Gasteiger partial charge in [0.15, 0.2) is 0 Å². The van der Waals surface area contributed by atoms with E-state index in [4.69, 9.17) is 0 Å². The molecule has 0 fully saturated rings. The van der Waals surface area contributed by atoms with E-state index in [1.54, 1.807) is 17.4 Å². The number of benzene rings is 1. The first-order valence-corrected chi connectivity index (χ1v) is 6.91. The molecule has 1 aromatic carbocycles. The first kappa shape index (κ1) is 13.2. The van der Waals surface area contributed by atoms with Crippen LogP contribution in [0.1, 0.15) is 34.8 Å². The normalized spacial score (nSPS) is 12.7. The number of hydrogen-bond acceptors (Lipinski definition) is 3. The van der Waals surface area contributed by atoms with Crippen molar-refractivity contribution in [2.45, 2.75) is 26.8 Å². The van der Waals surface area contributed by atoms with E-state index in [0.29, 0.717) is 0 Å². The molecule has 2 aromatic rings. The van der Waals surface area contributed by atoms with Gasteiger partial charge in [0.05, 0.1) is 16.7 Å². The summed E-state index contributed by atoms with van der Waals surface area (Å²) in [5, 5.41) is 6.44. The van der Waals surface area contributed by atoms with Gasteiger partial charge in [0, 0.05) is 5.38 Å². The van der Waals surface area contributed by atoms with E-state index in [2.05, 4.69) is 10.3 Å². The lowest BCUT2D eigenvalue weighted by Gasteiger charge is -2.18. The number of halogens is 1. The number of nitrogens with zero attached hydrogens (tertiary/aromatic N) is 1. The summed E-state index contributed by atoms with van der Waals surface area (Å²) in [4.78, 5) is 4.51. The van der Waals surface area contributed by atoms with Gasteiger partial charge in [-0.25, -0.2) is 9.37 Å². The standard InChI is InChI=1S/C14H17FN2S/c1-4-16-14(13-8-18-10(3)17-13)12-7-11(15)6-5-9(12)2/h5-8,14,16H,4H2,1-3H3. The fraction of sp³-hybridized carbons (Fsp3) is 0.357. The van der Waals surface area contributed by atoms with E-state index in [1.807, 2.05) is 32.2 Å². The van der Waals surface area contributed by atoms with Gasteiger partial charge >= 0.3 is 0 Å². The van der Waals surface area contributed by atoms with Crippen molar-refractivity contribution in [1.82, 2.24) is 10.3 Å². The molecule has 0 spiro atoms. The highest BCUT2D eigenvalue weighted by Gasteiger charge is 2.18. The van der Waals surface area contributed by atoms with Crippen LogP contribution in [0.4, 0.5) is 4.39 Å². The van der Waals surface area contributed by atoms with Crippen LogP contribution in [-0.4, -0.2) is 11.5 Å². The van der Waals surface area contributed by atoms with E-state index < -0.39 is 0 Å². The molecule has 1 N–H and O–H groups in total. The third-order valence-electron chi connectivity index (χ3n) is 2.89. The zero-order valence-electron chi connectivity index (χ0n) is 10.8. The molecular formula is C14H17FN2S. The molecule has 0 radical (unpaired) electrons. The second-order valence-corrected chi connectivity index (χ2v) is 5.35. The Morgan fingerprint density at radius 3 is 2.78 bits per heavy atom. The maximum atomic E-state index is 13.4. The Kier molecular flexibility index (Phi) is 4.09. The third-order valence-corrected chi connectivity index (χ3v) is 3.68. The highest BCUT2D eigenvalue weighted by atomic mass is 32.1. The number of thiazole rings is 1. The van der Waals surface area contributed by atoms with E-state index in [1.165, 1.54) is 6.07 Å². The molecule has 4 heteroatoms. The number of nitrogens with one attached hydrogen (secondary N) is 1. The fourth-order valence-corrected chi connectivity index (χ4v) is 2.65. The van der Waals surface area contributed by atoms with Crippen LogP contribution >= 0.6 is 11.3 Å². The number of hydrogen-bond donors (Lipinski definition) is 1. The van der Waals surface area contributed by atoms with Crippen molar-refractivity contribution in [2.75, 3.05) is 6.54 Å². The van der Waals surface area contributed by atoms with Gasteiger partial charge < -0.3 is 5.32 Å². The molecule has 0 saturated heterocycles. The largest absolute Gasteiger partial charge is 0.305 e. The zero-order chi connectivity index (χ0) is 13.1. The van der Waals surface area contributed by atoms with Gasteiger partial charge in [0.25, 0.3) is 0 Å². The molecule has 96 valence electrons. The number of aromatic nitrogens is 1. The topological polar surface area (TPSA) is 24.9 Å². The smallest absolute Gasteiger partial charge is 0.123 e. The lowest BCUT2D eigenvalue weighted by Crippen LogP contribution is -2.23. The van der Waals surface area contributed by atoms with Gasteiger partial charge in [0.1, 0.15) is 5.82 Å². The SMILES string of the molecule is CCNC(c1csc(C)n1)c1cc(F)ccc1C. The highest BCUT2D eigenvalue weighted by molar-refractivity contribution is 7.09. The first-order chi connectivity index (χ1) is 8.61. The van der Waals surface area contributed by atoms with Crippen LogP contribution < -0.4 is 5.32 Å². The van der Waals surface area contributed by atoms with Crippen LogP contribution in [0.15, 0.2) is 23.6 Å². The van der Waals surface area contributed by atoms with Gasteiger partial charge in [-0.05, 0) is 43.7 Å². The van der Waals surface area contributed by atoms with Gasteiger partial charge in [-0.3, -0.25) is 0 Å². The molecule has 0 saturated carbocycles. The van der Waals surface area contributed by atoms with Gasteiger partial charge in [0.2, 0.25) is 0 Å². The lowest BCUT2D eigenvalue weighted by molar-refractivity contribution is 0.594. The summed E-state index contributed by atoms with van der Waals surface area (Å²) >= 11 is 1.62. The minimum atomic E-state index is -0.203. The fourth-order valence-electron chi connectivity index (χ4n) is 2.01. The molecule has 0 aliphatic rings. The van der Waals surface area contributed by atoms with Crippen LogP contribution in [-0.2, 0) is 0 Å². The molecule has 0 bridgehead atoms. The van der Waals surface area contributed by atoms with Crippen molar-refractivity contribution in [2.24, 2.45) is 0 Å². The molecule has 1 atom stereocenters. The Bertz CT molecular complexity index is 536. The molecule has 1 heterocycles. The number of aryl methyl sites for hydroxylation is 2. The van der Waals surface area contributed by atoms with E-state index in [9.17, 15) is 4.39 Å². The Balaban J connectivity index is 2.44. The zero-order valence-corrected chi connectivity index (χ0v) is 11.6. The average Bonchev–Trinajstić information content (AvgIpc) is 2.76. The molecule has 2 nitrogen and oxygen atoms in total. The van der Waals surface area contributed by atoms with Crippen LogP contribution in [0.2, 0.25) is 0 Å². The predicted molar refractivity (Wildman–Crippen MR) is 73.5 cm³/mol.